The Labute approximate surface area is 151 Å². The van der Waals surface area contributed by atoms with E-state index in [4.69, 9.17) is 4.74 Å². The standard InChI is InChI=1S/C18H30N2O4S/c1-12(2)16(11-19-17(13(3)4)18(21)24-6)20-25(22,23)15-9-7-14(5)8-10-15/h7-10,12-13,16-17,19-20H,11H2,1-6H3/t16-,17+/m1/s1. The molecular weight excluding hydrogens is 340 g/mol. The minimum atomic E-state index is -3.62. The monoisotopic (exact) mass is 370 g/mol. The SMILES string of the molecule is COC(=O)[C@@H](NC[C@@H](NS(=O)(=O)c1ccc(C)cc1)C(C)C)C(C)C. The highest BCUT2D eigenvalue weighted by Gasteiger charge is 2.27. The first-order valence-corrected chi connectivity index (χ1v) is 9.97. The maximum atomic E-state index is 12.6. The van der Waals surface area contributed by atoms with Crippen LogP contribution >= 0.6 is 0 Å². The van der Waals surface area contributed by atoms with Gasteiger partial charge in [0.25, 0.3) is 0 Å². The van der Waals surface area contributed by atoms with Crippen molar-refractivity contribution in [1.29, 1.82) is 0 Å². The van der Waals surface area contributed by atoms with Gasteiger partial charge in [-0.05, 0) is 30.9 Å². The molecule has 0 bridgehead atoms. The maximum Gasteiger partial charge on any atom is 0.323 e. The lowest BCUT2D eigenvalue weighted by atomic mass is 10.0. The molecule has 0 aromatic heterocycles. The van der Waals surface area contributed by atoms with Crippen LogP contribution in [-0.2, 0) is 19.6 Å². The summed E-state index contributed by atoms with van der Waals surface area (Å²) in [5, 5.41) is 3.13. The van der Waals surface area contributed by atoms with Gasteiger partial charge in [0, 0.05) is 12.6 Å². The molecule has 0 unspecified atom stereocenters. The van der Waals surface area contributed by atoms with Crippen molar-refractivity contribution in [2.45, 2.75) is 51.6 Å². The number of esters is 1. The molecular formula is C18H30N2O4S. The predicted octanol–water partition coefficient (Wildman–Crippen LogP) is 2.09. The second-order valence-corrected chi connectivity index (χ2v) is 8.65. The van der Waals surface area contributed by atoms with Gasteiger partial charge >= 0.3 is 5.97 Å². The van der Waals surface area contributed by atoms with Crippen molar-refractivity contribution in [3.8, 4) is 0 Å². The zero-order chi connectivity index (χ0) is 19.2. The van der Waals surface area contributed by atoms with E-state index < -0.39 is 16.1 Å². The zero-order valence-corrected chi connectivity index (χ0v) is 16.7. The van der Waals surface area contributed by atoms with Crippen LogP contribution in [0.2, 0.25) is 0 Å². The Morgan fingerprint density at radius 2 is 1.64 bits per heavy atom. The van der Waals surface area contributed by atoms with Crippen LogP contribution in [0.4, 0.5) is 0 Å². The fraction of sp³-hybridized carbons (Fsp3) is 0.611. The van der Waals surface area contributed by atoms with Gasteiger partial charge < -0.3 is 10.1 Å². The average Bonchev–Trinajstić information content (AvgIpc) is 2.53. The highest BCUT2D eigenvalue weighted by molar-refractivity contribution is 7.89. The number of carbonyl (C=O) groups excluding carboxylic acids is 1. The van der Waals surface area contributed by atoms with Crippen molar-refractivity contribution in [2.24, 2.45) is 11.8 Å². The minimum Gasteiger partial charge on any atom is -0.468 e. The van der Waals surface area contributed by atoms with Crippen LogP contribution in [0.15, 0.2) is 29.2 Å². The molecule has 0 aliphatic carbocycles. The second-order valence-electron chi connectivity index (χ2n) is 6.94. The molecule has 2 N–H and O–H groups in total. The van der Waals surface area contributed by atoms with Crippen LogP contribution in [-0.4, -0.2) is 40.1 Å². The molecule has 0 fully saturated rings. The van der Waals surface area contributed by atoms with Crippen molar-refractivity contribution >= 4 is 16.0 Å². The maximum absolute atomic E-state index is 12.6. The third-order valence-corrected chi connectivity index (χ3v) is 5.63. The van der Waals surface area contributed by atoms with Crippen LogP contribution in [0, 0.1) is 18.8 Å². The van der Waals surface area contributed by atoms with Gasteiger partial charge in [0.2, 0.25) is 10.0 Å². The lowest BCUT2D eigenvalue weighted by Crippen LogP contribution is -2.51. The van der Waals surface area contributed by atoms with Crippen molar-refractivity contribution in [2.75, 3.05) is 13.7 Å². The Balaban J connectivity index is 2.86. The highest BCUT2D eigenvalue weighted by Crippen LogP contribution is 2.13. The molecule has 0 heterocycles. The highest BCUT2D eigenvalue weighted by atomic mass is 32.2. The molecule has 0 radical (unpaired) electrons. The Kier molecular flexibility index (Phi) is 8.05. The van der Waals surface area contributed by atoms with Gasteiger partial charge in [0.05, 0.1) is 12.0 Å². The number of rotatable bonds is 9. The van der Waals surface area contributed by atoms with Gasteiger partial charge in [-0.15, -0.1) is 0 Å². The largest absolute Gasteiger partial charge is 0.468 e. The van der Waals surface area contributed by atoms with Crippen LogP contribution in [0.1, 0.15) is 33.3 Å². The van der Waals surface area contributed by atoms with Gasteiger partial charge in [-0.1, -0.05) is 45.4 Å². The summed E-state index contributed by atoms with van der Waals surface area (Å²) in [4.78, 5) is 12.1. The molecule has 0 aliphatic heterocycles. The summed E-state index contributed by atoms with van der Waals surface area (Å²) >= 11 is 0. The Hall–Kier alpha value is -1.44. The first-order chi connectivity index (χ1) is 11.6. The van der Waals surface area contributed by atoms with Gasteiger partial charge in [-0.3, -0.25) is 4.79 Å². The van der Waals surface area contributed by atoms with E-state index in [9.17, 15) is 13.2 Å². The Morgan fingerprint density at radius 1 is 1.08 bits per heavy atom. The van der Waals surface area contributed by atoms with Crippen molar-refractivity contribution in [3.63, 3.8) is 0 Å². The molecule has 1 rings (SSSR count). The van der Waals surface area contributed by atoms with Gasteiger partial charge in [-0.2, -0.15) is 0 Å². The molecule has 0 amide bonds. The summed E-state index contributed by atoms with van der Waals surface area (Å²) in [5.74, 6) is -0.258. The number of ether oxygens (including phenoxy) is 1. The summed E-state index contributed by atoms with van der Waals surface area (Å²) in [6.45, 7) is 9.94. The number of hydrogen-bond acceptors (Lipinski definition) is 5. The number of carbonyl (C=O) groups is 1. The molecule has 0 saturated heterocycles. The number of benzene rings is 1. The summed E-state index contributed by atoms with van der Waals surface area (Å²) in [6.07, 6.45) is 0. The normalized spacial score (nSPS) is 14.6. The van der Waals surface area contributed by atoms with Crippen LogP contribution < -0.4 is 10.0 Å². The molecule has 2 atom stereocenters. The smallest absolute Gasteiger partial charge is 0.323 e. The molecule has 1 aromatic carbocycles. The van der Waals surface area contributed by atoms with E-state index in [1.54, 1.807) is 24.3 Å². The summed E-state index contributed by atoms with van der Waals surface area (Å²) < 4.78 is 32.7. The van der Waals surface area contributed by atoms with Crippen LogP contribution in [0.3, 0.4) is 0 Å². The first kappa shape index (κ1) is 21.6. The number of sulfonamides is 1. The molecule has 6 nitrogen and oxygen atoms in total. The number of methoxy groups -OCH3 is 1. The van der Waals surface area contributed by atoms with E-state index in [2.05, 4.69) is 10.0 Å². The molecule has 0 spiro atoms. The molecule has 1 aromatic rings. The minimum absolute atomic E-state index is 0.0361. The number of hydrogen-bond donors (Lipinski definition) is 2. The summed E-state index contributed by atoms with van der Waals surface area (Å²) in [6, 6.07) is 5.89. The summed E-state index contributed by atoms with van der Waals surface area (Å²) in [5.41, 5.74) is 0.999. The van der Waals surface area contributed by atoms with E-state index in [1.165, 1.54) is 7.11 Å². The Morgan fingerprint density at radius 3 is 2.08 bits per heavy atom. The topological polar surface area (TPSA) is 84.5 Å². The molecule has 0 saturated carbocycles. The van der Waals surface area contributed by atoms with Crippen molar-refractivity contribution < 1.29 is 17.9 Å². The lowest BCUT2D eigenvalue weighted by Gasteiger charge is -2.26. The third-order valence-electron chi connectivity index (χ3n) is 4.12. The van der Waals surface area contributed by atoms with Crippen LogP contribution in [0.5, 0.6) is 0 Å². The van der Waals surface area contributed by atoms with E-state index in [1.807, 2.05) is 34.6 Å². The zero-order valence-electron chi connectivity index (χ0n) is 15.9. The quantitative estimate of drug-likeness (QED) is 0.650. The number of nitrogens with one attached hydrogen (secondary N) is 2. The first-order valence-electron chi connectivity index (χ1n) is 8.48. The fourth-order valence-corrected chi connectivity index (χ4v) is 3.75. The number of aryl methyl sites for hydroxylation is 1. The van der Waals surface area contributed by atoms with E-state index in [0.717, 1.165) is 5.56 Å². The van der Waals surface area contributed by atoms with Crippen molar-refractivity contribution in [1.82, 2.24) is 10.0 Å². The second kappa shape index (κ2) is 9.31. The van der Waals surface area contributed by atoms with Crippen LogP contribution in [0.25, 0.3) is 0 Å². The lowest BCUT2D eigenvalue weighted by molar-refractivity contribution is -0.144. The third kappa shape index (κ3) is 6.41. The van der Waals surface area contributed by atoms with E-state index in [-0.39, 0.29) is 28.7 Å². The summed E-state index contributed by atoms with van der Waals surface area (Å²) in [7, 11) is -2.27. The van der Waals surface area contributed by atoms with Gasteiger partial charge in [0.1, 0.15) is 6.04 Å². The predicted molar refractivity (Wildman–Crippen MR) is 98.8 cm³/mol. The van der Waals surface area contributed by atoms with Gasteiger partial charge in [0.15, 0.2) is 0 Å². The van der Waals surface area contributed by atoms with Crippen molar-refractivity contribution in [3.05, 3.63) is 29.8 Å². The van der Waals surface area contributed by atoms with Gasteiger partial charge in [-0.25, -0.2) is 13.1 Å². The average molecular weight is 371 g/mol. The Bertz CT molecular complexity index is 654. The van der Waals surface area contributed by atoms with E-state index in [0.29, 0.717) is 6.54 Å². The molecule has 142 valence electrons. The fourth-order valence-electron chi connectivity index (χ4n) is 2.37. The van der Waals surface area contributed by atoms with E-state index >= 15 is 0 Å². The molecule has 25 heavy (non-hydrogen) atoms. The molecule has 0 aliphatic rings. The molecule has 7 heteroatoms.